The largest absolute Gasteiger partial charge is 0.487 e. The molecule has 17 heavy (non-hydrogen) atoms. The van der Waals surface area contributed by atoms with E-state index in [-0.39, 0.29) is 11.6 Å². The van der Waals surface area contributed by atoms with E-state index in [0.717, 1.165) is 35.0 Å². The summed E-state index contributed by atoms with van der Waals surface area (Å²) in [5.74, 6) is 3.36. The van der Waals surface area contributed by atoms with E-state index in [1.807, 2.05) is 17.8 Å². The molecule has 0 radical (unpaired) electrons. The topological polar surface area (TPSA) is 35.2 Å². The van der Waals surface area contributed by atoms with Gasteiger partial charge < -0.3 is 10.5 Å². The first-order chi connectivity index (χ1) is 8.19. The van der Waals surface area contributed by atoms with Gasteiger partial charge in [0, 0.05) is 22.5 Å². The van der Waals surface area contributed by atoms with E-state index in [1.54, 1.807) is 0 Å². The smallest absolute Gasteiger partial charge is 0.126 e. The Bertz CT molecular complexity index is 431. The van der Waals surface area contributed by atoms with Gasteiger partial charge in [-0.15, -0.1) is 0 Å². The minimum Gasteiger partial charge on any atom is -0.487 e. The third kappa shape index (κ3) is 2.23. The second-order valence-electron chi connectivity index (χ2n) is 4.89. The predicted octanol–water partition coefficient (Wildman–Crippen LogP) is 3.50. The van der Waals surface area contributed by atoms with Gasteiger partial charge in [-0.1, -0.05) is 22.0 Å². The lowest BCUT2D eigenvalue weighted by Crippen LogP contribution is -2.45. The van der Waals surface area contributed by atoms with E-state index in [2.05, 4.69) is 28.1 Å². The SMILES string of the molecule is NC1CC2(CCSCC2)Oc2cc(Br)ccc21. The number of hydrogen-bond donors (Lipinski definition) is 1. The maximum Gasteiger partial charge on any atom is 0.126 e. The number of benzene rings is 1. The Morgan fingerprint density at radius 2 is 2.12 bits per heavy atom. The standard InChI is InChI=1S/C13H16BrNOS/c14-9-1-2-10-11(15)8-13(16-12(10)7-9)3-5-17-6-4-13/h1-2,7,11H,3-6,8,15H2. The molecule has 1 spiro atoms. The summed E-state index contributed by atoms with van der Waals surface area (Å²) in [6, 6.07) is 6.29. The van der Waals surface area contributed by atoms with E-state index in [1.165, 1.54) is 11.5 Å². The third-order valence-electron chi connectivity index (χ3n) is 3.70. The normalized spacial score (nSPS) is 26.4. The Morgan fingerprint density at radius 3 is 2.88 bits per heavy atom. The number of thioether (sulfide) groups is 1. The van der Waals surface area contributed by atoms with Crippen LogP contribution >= 0.6 is 27.7 Å². The van der Waals surface area contributed by atoms with Gasteiger partial charge in [0.15, 0.2) is 0 Å². The van der Waals surface area contributed by atoms with Crippen LogP contribution in [0.4, 0.5) is 0 Å². The maximum atomic E-state index is 6.30. The maximum absolute atomic E-state index is 6.30. The van der Waals surface area contributed by atoms with Crippen LogP contribution in [0.5, 0.6) is 5.75 Å². The van der Waals surface area contributed by atoms with Gasteiger partial charge in [-0.05, 0) is 36.5 Å². The highest BCUT2D eigenvalue weighted by Crippen LogP contribution is 2.45. The molecule has 2 N–H and O–H groups in total. The average Bonchev–Trinajstić information content (AvgIpc) is 2.29. The van der Waals surface area contributed by atoms with Crippen molar-refractivity contribution >= 4 is 27.7 Å². The van der Waals surface area contributed by atoms with Crippen LogP contribution in [0.1, 0.15) is 30.9 Å². The van der Waals surface area contributed by atoms with Crippen molar-refractivity contribution in [2.45, 2.75) is 30.9 Å². The van der Waals surface area contributed by atoms with Gasteiger partial charge in [-0.2, -0.15) is 11.8 Å². The third-order valence-corrected chi connectivity index (χ3v) is 5.18. The quantitative estimate of drug-likeness (QED) is 0.796. The van der Waals surface area contributed by atoms with Crippen molar-refractivity contribution < 1.29 is 4.74 Å². The molecular formula is C13H16BrNOS. The molecule has 3 rings (SSSR count). The van der Waals surface area contributed by atoms with E-state index in [9.17, 15) is 0 Å². The van der Waals surface area contributed by atoms with Crippen LogP contribution in [-0.2, 0) is 0 Å². The molecule has 0 amide bonds. The highest BCUT2D eigenvalue weighted by molar-refractivity contribution is 9.10. The highest BCUT2D eigenvalue weighted by Gasteiger charge is 2.40. The molecule has 1 fully saturated rings. The Morgan fingerprint density at radius 1 is 1.35 bits per heavy atom. The number of ether oxygens (including phenoxy) is 1. The summed E-state index contributed by atoms with van der Waals surface area (Å²) in [6.45, 7) is 0. The molecule has 2 heterocycles. The molecule has 1 atom stereocenters. The number of hydrogen-bond acceptors (Lipinski definition) is 3. The van der Waals surface area contributed by atoms with Crippen molar-refractivity contribution in [3.8, 4) is 5.75 Å². The van der Waals surface area contributed by atoms with E-state index in [4.69, 9.17) is 10.5 Å². The molecule has 2 aliphatic heterocycles. The zero-order valence-corrected chi connectivity index (χ0v) is 12.0. The Balaban J connectivity index is 1.95. The predicted molar refractivity (Wildman–Crippen MR) is 75.6 cm³/mol. The van der Waals surface area contributed by atoms with Crippen LogP contribution in [0.2, 0.25) is 0 Å². The molecule has 1 aromatic carbocycles. The van der Waals surface area contributed by atoms with Crippen LogP contribution in [0.25, 0.3) is 0 Å². The second kappa shape index (κ2) is 4.48. The number of halogens is 1. The summed E-state index contributed by atoms with van der Waals surface area (Å²) in [7, 11) is 0. The first kappa shape index (κ1) is 11.9. The fourth-order valence-electron chi connectivity index (χ4n) is 2.74. The molecule has 2 aliphatic rings. The molecule has 0 saturated carbocycles. The fraction of sp³-hybridized carbons (Fsp3) is 0.538. The average molecular weight is 314 g/mol. The number of nitrogens with two attached hydrogens (primary N) is 1. The summed E-state index contributed by atoms with van der Waals surface area (Å²) >= 11 is 5.52. The lowest BCUT2D eigenvalue weighted by Gasteiger charge is -2.43. The number of fused-ring (bicyclic) bond motifs is 1. The van der Waals surface area contributed by atoms with Crippen molar-refractivity contribution in [3.63, 3.8) is 0 Å². The minimum absolute atomic E-state index is 0.00153. The zero-order chi connectivity index (χ0) is 11.9. The van der Waals surface area contributed by atoms with Crippen molar-refractivity contribution in [2.24, 2.45) is 5.73 Å². The van der Waals surface area contributed by atoms with Crippen molar-refractivity contribution in [2.75, 3.05) is 11.5 Å². The van der Waals surface area contributed by atoms with Crippen LogP contribution < -0.4 is 10.5 Å². The molecule has 1 saturated heterocycles. The molecule has 0 bridgehead atoms. The van der Waals surface area contributed by atoms with Crippen LogP contribution in [0.3, 0.4) is 0 Å². The Labute approximate surface area is 114 Å². The van der Waals surface area contributed by atoms with Gasteiger partial charge in [0.05, 0.1) is 0 Å². The van der Waals surface area contributed by atoms with Crippen LogP contribution in [-0.4, -0.2) is 17.1 Å². The lowest BCUT2D eigenvalue weighted by molar-refractivity contribution is 0.0279. The molecule has 2 nitrogen and oxygen atoms in total. The van der Waals surface area contributed by atoms with Gasteiger partial charge in [0.1, 0.15) is 11.4 Å². The monoisotopic (exact) mass is 313 g/mol. The van der Waals surface area contributed by atoms with Crippen LogP contribution in [0, 0.1) is 0 Å². The molecule has 4 heteroatoms. The molecular weight excluding hydrogens is 298 g/mol. The summed E-state index contributed by atoms with van der Waals surface area (Å²) in [6.07, 6.45) is 3.21. The highest BCUT2D eigenvalue weighted by atomic mass is 79.9. The summed E-state index contributed by atoms with van der Waals surface area (Å²) in [5.41, 5.74) is 7.45. The van der Waals surface area contributed by atoms with E-state index < -0.39 is 0 Å². The van der Waals surface area contributed by atoms with E-state index >= 15 is 0 Å². The zero-order valence-electron chi connectivity index (χ0n) is 9.62. The minimum atomic E-state index is -0.00153. The Hall–Kier alpha value is -0.190. The van der Waals surface area contributed by atoms with Crippen molar-refractivity contribution in [1.82, 2.24) is 0 Å². The molecule has 1 aromatic rings. The number of rotatable bonds is 0. The molecule has 1 unspecified atom stereocenters. The Kier molecular flexibility index (Phi) is 3.13. The first-order valence-corrected chi connectivity index (χ1v) is 7.95. The van der Waals surface area contributed by atoms with Gasteiger partial charge in [-0.3, -0.25) is 0 Å². The fourth-order valence-corrected chi connectivity index (χ4v) is 4.32. The van der Waals surface area contributed by atoms with Crippen molar-refractivity contribution in [3.05, 3.63) is 28.2 Å². The lowest BCUT2D eigenvalue weighted by atomic mass is 9.83. The van der Waals surface area contributed by atoms with Gasteiger partial charge in [-0.25, -0.2) is 0 Å². The second-order valence-corrected chi connectivity index (χ2v) is 7.03. The van der Waals surface area contributed by atoms with Gasteiger partial charge in [0.25, 0.3) is 0 Å². The van der Waals surface area contributed by atoms with Crippen LogP contribution in [0.15, 0.2) is 22.7 Å². The van der Waals surface area contributed by atoms with Crippen molar-refractivity contribution in [1.29, 1.82) is 0 Å². The molecule has 0 aliphatic carbocycles. The van der Waals surface area contributed by atoms with E-state index in [0.29, 0.717) is 0 Å². The van der Waals surface area contributed by atoms with Gasteiger partial charge >= 0.3 is 0 Å². The molecule has 92 valence electrons. The summed E-state index contributed by atoms with van der Waals surface area (Å²) in [5, 5.41) is 0. The first-order valence-electron chi connectivity index (χ1n) is 6.00. The van der Waals surface area contributed by atoms with Gasteiger partial charge in [0.2, 0.25) is 0 Å². The summed E-state index contributed by atoms with van der Waals surface area (Å²) < 4.78 is 7.35. The molecule has 0 aromatic heterocycles. The summed E-state index contributed by atoms with van der Waals surface area (Å²) in [4.78, 5) is 0.